The maximum absolute atomic E-state index is 9.99. The zero-order valence-electron chi connectivity index (χ0n) is 21.8. The second-order valence-electron chi connectivity index (χ2n) is 9.72. The molecule has 6 rings (SSSR count). The zero-order chi connectivity index (χ0) is 26.4. The summed E-state index contributed by atoms with van der Waals surface area (Å²) in [7, 11) is 0. The predicted molar refractivity (Wildman–Crippen MR) is 144 cm³/mol. The van der Waals surface area contributed by atoms with E-state index in [1.807, 2.05) is 30.3 Å². The summed E-state index contributed by atoms with van der Waals surface area (Å²) in [5, 5.41) is 14.1. The maximum Gasteiger partial charge on any atom is 0.231 e. The lowest BCUT2D eigenvalue weighted by Gasteiger charge is -2.26. The molecule has 3 aliphatic rings. The SMILES string of the molecule is N#Cc1cnc2cc(OCCCN3CCOCC3)cc(OC3CCOCC3)c2c1Nc1cccc2c1OCO2. The van der Waals surface area contributed by atoms with Gasteiger partial charge in [0.1, 0.15) is 23.7 Å². The van der Waals surface area contributed by atoms with E-state index >= 15 is 0 Å². The van der Waals surface area contributed by atoms with Crippen LogP contribution < -0.4 is 24.3 Å². The van der Waals surface area contributed by atoms with Crippen molar-refractivity contribution in [3.8, 4) is 29.1 Å². The van der Waals surface area contributed by atoms with E-state index < -0.39 is 0 Å². The third-order valence-corrected chi connectivity index (χ3v) is 7.14. The molecule has 2 fully saturated rings. The van der Waals surface area contributed by atoms with Gasteiger partial charge in [-0.25, -0.2) is 0 Å². The highest BCUT2D eigenvalue weighted by Gasteiger charge is 2.23. The summed E-state index contributed by atoms with van der Waals surface area (Å²) in [4.78, 5) is 7.01. The minimum atomic E-state index is -0.00480. The van der Waals surface area contributed by atoms with Crippen LogP contribution in [0.25, 0.3) is 10.9 Å². The minimum Gasteiger partial charge on any atom is -0.493 e. The number of benzene rings is 2. The van der Waals surface area contributed by atoms with Crippen molar-refractivity contribution in [2.75, 3.05) is 64.8 Å². The van der Waals surface area contributed by atoms with Crippen LogP contribution in [0.15, 0.2) is 36.5 Å². The molecule has 10 nitrogen and oxygen atoms in total. The van der Waals surface area contributed by atoms with E-state index in [-0.39, 0.29) is 12.9 Å². The number of morpholine rings is 1. The molecule has 204 valence electrons. The van der Waals surface area contributed by atoms with Gasteiger partial charge >= 0.3 is 0 Å². The van der Waals surface area contributed by atoms with Crippen molar-refractivity contribution in [3.05, 3.63) is 42.1 Å². The van der Waals surface area contributed by atoms with E-state index in [1.165, 1.54) is 0 Å². The predicted octanol–water partition coefficient (Wildman–Crippen LogP) is 4.24. The van der Waals surface area contributed by atoms with E-state index in [0.717, 1.165) is 57.5 Å². The monoisotopic (exact) mass is 532 g/mol. The Morgan fingerprint density at radius 1 is 1.08 bits per heavy atom. The van der Waals surface area contributed by atoms with Crippen molar-refractivity contribution in [2.24, 2.45) is 0 Å². The first-order valence-corrected chi connectivity index (χ1v) is 13.5. The number of nitrogens with zero attached hydrogens (tertiary/aromatic N) is 3. The number of nitrogens with one attached hydrogen (secondary N) is 1. The fraction of sp³-hybridized carbons (Fsp3) is 0.448. The molecule has 39 heavy (non-hydrogen) atoms. The molecule has 0 amide bonds. The Hall–Kier alpha value is -3.78. The number of nitriles is 1. The molecule has 2 saturated heterocycles. The van der Waals surface area contributed by atoms with Gasteiger partial charge in [0.25, 0.3) is 0 Å². The van der Waals surface area contributed by atoms with E-state index in [2.05, 4.69) is 21.3 Å². The van der Waals surface area contributed by atoms with Crippen LogP contribution in [0.5, 0.6) is 23.0 Å². The quantitative estimate of drug-likeness (QED) is 0.402. The van der Waals surface area contributed by atoms with Gasteiger partial charge in [-0.2, -0.15) is 5.26 Å². The third kappa shape index (κ3) is 5.81. The summed E-state index contributed by atoms with van der Waals surface area (Å²) >= 11 is 0. The van der Waals surface area contributed by atoms with Crippen LogP contribution >= 0.6 is 0 Å². The lowest BCUT2D eigenvalue weighted by molar-refractivity contribution is 0.0261. The Morgan fingerprint density at radius 2 is 1.92 bits per heavy atom. The van der Waals surface area contributed by atoms with Crippen molar-refractivity contribution >= 4 is 22.3 Å². The summed E-state index contributed by atoms with van der Waals surface area (Å²) in [6, 6.07) is 11.7. The Labute approximate surface area is 227 Å². The molecule has 4 heterocycles. The van der Waals surface area contributed by atoms with Gasteiger partial charge in [0.15, 0.2) is 11.5 Å². The van der Waals surface area contributed by atoms with Gasteiger partial charge in [0.2, 0.25) is 6.79 Å². The summed E-state index contributed by atoms with van der Waals surface area (Å²) in [5.74, 6) is 2.58. The maximum atomic E-state index is 9.99. The highest BCUT2D eigenvalue weighted by molar-refractivity contribution is 6.01. The first-order valence-electron chi connectivity index (χ1n) is 13.5. The molecule has 0 unspecified atom stereocenters. The van der Waals surface area contributed by atoms with Crippen molar-refractivity contribution < 1.29 is 28.4 Å². The minimum absolute atomic E-state index is 0.00480. The van der Waals surface area contributed by atoms with E-state index in [4.69, 9.17) is 28.4 Å². The lowest BCUT2D eigenvalue weighted by atomic mass is 10.1. The molecular weight excluding hydrogens is 500 g/mol. The zero-order valence-corrected chi connectivity index (χ0v) is 21.8. The molecule has 10 heteroatoms. The number of hydrogen-bond donors (Lipinski definition) is 1. The Morgan fingerprint density at radius 3 is 2.77 bits per heavy atom. The fourth-order valence-electron chi connectivity index (χ4n) is 5.09. The number of fused-ring (bicyclic) bond motifs is 2. The van der Waals surface area contributed by atoms with Crippen LogP contribution in [0.3, 0.4) is 0 Å². The molecular formula is C29H32N4O6. The van der Waals surface area contributed by atoms with Gasteiger partial charge in [-0.3, -0.25) is 9.88 Å². The van der Waals surface area contributed by atoms with Crippen molar-refractivity contribution in [3.63, 3.8) is 0 Å². The van der Waals surface area contributed by atoms with Crippen LogP contribution in [0.2, 0.25) is 0 Å². The first-order chi connectivity index (χ1) is 19.3. The van der Waals surface area contributed by atoms with Gasteiger partial charge in [0, 0.05) is 50.8 Å². The number of pyridine rings is 1. The van der Waals surface area contributed by atoms with Crippen molar-refractivity contribution in [1.82, 2.24) is 9.88 Å². The molecule has 0 bridgehead atoms. The molecule has 3 aliphatic heterocycles. The largest absolute Gasteiger partial charge is 0.493 e. The van der Waals surface area contributed by atoms with Gasteiger partial charge < -0.3 is 33.7 Å². The normalized spacial score (nSPS) is 17.6. The average Bonchev–Trinajstić information content (AvgIpc) is 3.47. The average molecular weight is 533 g/mol. The summed E-state index contributed by atoms with van der Waals surface area (Å²) in [6.07, 6.45) is 4.05. The number of ether oxygens (including phenoxy) is 6. The van der Waals surface area contributed by atoms with Crippen LogP contribution in [-0.4, -0.2) is 75.4 Å². The van der Waals surface area contributed by atoms with Gasteiger partial charge in [0.05, 0.1) is 60.9 Å². The molecule has 0 radical (unpaired) electrons. The molecule has 0 saturated carbocycles. The number of rotatable bonds is 9. The summed E-state index contributed by atoms with van der Waals surface area (Å²) in [5.41, 5.74) is 2.38. The molecule has 0 aliphatic carbocycles. The van der Waals surface area contributed by atoms with Gasteiger partial charge in [-0.1, -0.05) is 6.07 Å². The topological polar surface area (TPSA) is 107 Å². The van der Waals surface area contributed by atoms with E-state index in [1.54, 1.807) is 6.20 Å². The summed E-state index contributed by atoms with van der Waals surface area (Å²) < 4.78 is 35.0. The second-order valence-corrected chi connectivity index (χ2v) is 9.72. The number of anilines is 2. The Balaban J connectivity index is 1.32. The standard InChI is InChI=1S/C29H32N4O6/c30-17-20-18-31-24-15-22(36-10-2-7-33-8-13-35-14-9-33)16-26(39-21-5-11-34-12-6-21)27(24)28(20)32-23-3-1-4-25-29(23)38-19-37-25/h1,3-4,15-16,18,21H,2,5-14,19H2,(H,31,32). The lowest BCUT2D eigenvalue weighted by Crippen LogP contribution is -2.37. The smallest absolute Gasteiger partial charge is 0.231 e. The Bertz CT molecular complexity index is 1350. The highest BCUT2D eigenvalue weighted by Crippen LogP contribution is 2.44. The van der Waals surface area contributed by atoms with Crippen LogP contribution in [0, 0.1) is 11.3 Å². The van der Waals surface area contributed by atoms with Gasteiger partial charge in [-0.05, 0) is 18.6 Å². The van der Waals surface area contributed by atoms with Crippen LogP contribution in [0.4, 0.5) is 11.4 Å². The molecule has 1 N–H and O–H groups in total. The highest BCUT2D eigenvalue weighted by atomic mass is 16.7. The first kappa shape index (κ1) is 25.5. The summed E-state index contributed by atoms with van der Waals surface area (Å²) in [6.45, 7) is 6.50. The molecule has 3 aromatic rings. The molecule has 1 aromatic heterocycles. The van der Waals surface area contributed by atoms with Crippen molar-refractivity contribution in [1.29, 1.82) is 5.26 Å². The number of aromatic nitrogens is 1. The molecule has 0 atom stereocenters. The second kappa shape index (κ2) is 11.9. The van der Waals surface area contributed by atoms with Gasteiger partial charge in [-0.15, -0.1) is 0 Å². The molecule has 0 spiro atoms. The van der Waals surface area contributed by atoms with E-state index in [9.17, 15) is 5.26 Å². The number of para-hydroxylation sites is 1. The van der Waals surface area contributed by atoms with Crippen LogP contribution in [0.1, 0.15) is 24.8 Å². The van der Waals surface area contributed by atoms with Crippen molar-refractivity contribution in [2.45, 2.75) is 25.4 Å². The number of hydrogen-bond acceptors (Lipinski definition) is 10. The third-order valence-electron chi connectivity index (χ3n) is 7.14. The fourth-order valence-corrected chi connectivity index (χ4v) is 5.09. The van der Waals surface area contributed by atoms with E-state index in [0.29, 0.717) is 65.3 Å². The Kier molecular flexibility index (Phi) is 7.81. The molecule has 2 aromatic carbocycles. The van der Waals surface area contributed by atoms with Crippen LogP contribution in [-0.2, 0) is 9.47 Å².